The summed E-state index contributed by atoms with van der Waals surface area (Å²) in [5, 5.41) is 3.26. The molecule has 0 bridgehead atoms. The van der Waals surface area contributed by atoms with Crippen molar-refractivity contribution in [2.75, 3.05) is 26.2 Å². The van der Waals surface area contributed by atoms with Crippen molar-refractivity contribution in [2.45, 2.75) is 51.5 Å². The zero-order valence-corrected chi connectivity index (χ0v) is 15.5. The molecule has 1 atom stereocenters. The van der Waals surface area contributed by atoms with Crippen LogP contribution in [-0.2, 0) is 4.79 Å². The molecule has 1 amide bonds. The summed E-state index contributed by atoms with van der Waals surface area (Å²) in [5.74, 6) is 1.41. The first-order valence-corrected chi connectivity index (χ1v) is 9.48. The lowest BCUT2D eigenvalue weighted by Gasteiger charge is -2.32. The minimum atomic E-state index is 0.185. The molecule has 136 valence electrons. The Morgan fingerprint density at radius 3 is 2.76 bits per heavy atom. The minimum Gasteiger partial charge on any atom is -0.493 e. The molecule has 0 aliphatic carbocycles. The third-order valence-electron chi connectivity index (χ3n) is 5.22. The van der Waals surface area contributed by atoms with Crippen LogP contribution >= 0.6 is 0 Å². The average molecular weight is 342 g/mol. The molecule has 0 unspecified atom stereocenters. The quantitative estimate of drug-likeness (QED) is 0.833. The molecular weight excluding hydrogens is 312 g/mol. The Hall–Kier alpha value is -1.81. The summed E-state index contributed by atoms with van der Waals surface area (Å²) in [5.41, 5.74) is 2.55. The average Bonchev–Trinajstić information content (AvgIpc) is 2.61. The van der Waals surface area contributed by atoms with Gasteiger partial charge in [-0.05, 0) is 50.7 Å². The Kier molecular flexibility index (Phi) is 6.14. The van der Waals surface area contributed by atoms with Gasteiger partial charge in [-0.1, -0.05) is 29.8 Å². The van der Waals surface area contributed by atoms with Gasteiger partial charge >= 0.3 is 0 Å². The molecule has 25 heavy (non-hydrogen) atoms. The Morgan fingerprint density at radius 2 is 2.00 bits per heavy atom. The number of nitrogens with zero attached hydrogens (tertiary/aromatic N) is 1. The molecule has 2 aliphatic rings. The highest BCUT2D eigenvalue weighted by atomic mass is 16.5. The third kappa shape index (κ3) is 5.08. The van der Waals surface area contributed by atoms with Gasteiger partial charge in [0.1, 0.15) is 5.75 Å². The normalized spacial score (nSPS) is 21.1. The molecule has 0 saturated carbocycles. The van der Waals surface area contributed by atoms with Crippen molar-refractivity contribution in [1.82, 2.24) is 10.2 Å². The summed E-state index contributed by atoms with van der Waals surface area (Å²) in [6.45, 7) is 8.14. The van der Waals surface area contributed by atoms with Gasteiger partial charge in [0.2, 0.25) is 5.91 Å². The second-order valence-corrected chi connectivity index (χ2v) is 7.50. The predicted molar refractivity (Wildman–Crippen MR) is 101 cm³/mol. The van der Waals surface area contributed by atoms with Gasteiger partial charge in [0.25, 0.3) is 0 Å². The largest absolute Gasteiger partial charge is 0.493 e. The zero-order chi connectivity index (χ0) is 17.6. The number of ether oxygens (including phenoxy) is 1. The number of allylic oxidation sites excluding steroid dienone is 1. The summed E-state index contributed by atoms with van der Waals surface area (Å²) < 4.78 is 5.69. The van der Waals surface area contributed by atoms with Crippen molar-refractivity contribution < 1.29 is 9.53 Å². The maximum atomic E-state index is 12.5. The van der Waals surface area contributed by atoms with E-state index in [1.165, 1.54) is 11.1 Å². The van der Waals surface area contributed by atoms with Gasteiger partial charge in [-0.15, -0.1) is 0 Å². The van der Waals surface area contributed by atoms with Crippen molar-refractivity contribution in [3.8, 4) is 5.75 Å². The summed E-state index contributed by atoms with van der Waals surface area (Å²) in [7, 11) is 0. The Morgan fingerprint density at radius 1 is 1.24 bits per heavy atom. The van der Waals surface area contributed by atoms with Crippen molar-refractivity contribution in [2.24, 2.45) is 0 Å². The van der Waals surface area contributed by atoms with Crippen LogP contribution in [0.15, 0.2) is 35.9 Å². The predicted octanol–water partition coefficient (Wildman–Crippen LogP) is 3.49. The molecule has 1 aromatic rings. The van der Waals surface area contributed by atoms with Crippen molar-refractivity contribution in [3.63, 3.8) is 0 Å². The fourth-order valence-corrected chi connectivity index (χ4v) is 3.71. The number of carbonyl (C=O) groups is 1. The Balaban J connectivity index is 1.46. The lowest BCUT2D eigenvalue weighted by atomic mass is 9.90. The smallest absolute Gasteiger partial charge is 0.220 e. The molecule has 4 nitrogen and oxygen atoms in total. The number of fused-ring (bicyclic) bond motifs is 1. The number of carbonyl (C=O) groups excluding carboxylic acids is 1. The summed E-state index contributed by atoms with van der Waals surface area (Å²) >= 11 is 0. The Labute approximate surface area is 151 Å². The molecular formula is C21H30N2O2. The molecule has 1 N–H and O–H groups in total. The van der Waals surface area contributed by atoms with E-state index in [2.05, 4.69) is 36.2 Å². The van der Waals surface area contributed by atoms with Crippen LogP contribution in [0.3, 0.4) is 0 Å². The van der Waals surface area contributed by atoms with E-state index in [1.54, 1.807) is 0 Å². The number of hydrogen-bond acceptors (Lipinski definition) is 3. The Bertz CT molecular complexity index is 614. The van der Waals surface area contributed by atoms with E-state index in [0.717, 1.165) is 44.6 Å². The van der Waals surface area contributed by atoms with Crippen LogP contribution in [0.1, 0.15) is 51.0 Å². The fourth-order valence-electron chi connectivity index (χ4n) is 3.71. The van der Waals surface area contributed by atoms with E-state index < -0.39 is 0 Å². The second kappa shape index (κ2) is 8.52. The highest BCUT2D eigenvalue weighted by Crippen LogP contribution is 2.35. The van der Waals surface area contributed by atoms with Crippen molar-refractivity contribution in [3.05, 3.63) is 41.5 Å². The highest BCUT2D eigenvalue weighted by molar-refractivity contribution is 5.77. The molecule has 1 aromatic carbocycles. The molecule has 2 heterocycles. The second-order valence-electron chi connectivity index (χ2n) is 7.50. The zero-order valence-electron chi connectivity index (χ0n) is 15.5. The van der Waals surface area contributed by atoms with Gasteiger partial charge in [-0.25, -0.2) is 0 Å². The van der Waals surface area contributed by atoms with Crippen LogP contribution in [0.4, 0.5) is 0 Å². The summed E-state index contributed by atoms with van der Waals surface area (Å²) in [4.78, 5) is 15.0. The number of hydrogen-bond donors (Lipinski definition) is 1. The van der Waals surface area contributed by atoms with Gasteiger partial charge in [0.05, 0.1) is 6.61 Å². The lowest BCUT2D eigenvalue weighted by Crippen LogP contribution is -2.45. The van der Waals surface area contributed by atoms with Crippen LogP contribution in [0.5, 0.6) is 5.75 Å². The highest BCUT2D eigenvalue weighted by Gasteiger charge is 2.25. The number of para-hydroxylation sites is 1. The molecule has 2 aliphatic heterocycles. The topological polar surface area (TPSA) is 41.6 Å². The van der Waals surface area contributed by atoms with E-state index >= 15 is 0 Å². The van der Waals surface area contributed by atoms with Gasteiger partial charge in [0.15, 0.2) is 0 Å². The van der Waals surface area contributed by atoms with Crippen LogP contribution in [0.2, 0.25) is 0 Å². The maximum absolute atomic E-state index is 12.5. The van der Waals surface area contributed by atoms with Gasteiger partial charge in [-0.3, -0.25) is 9.69 Å². The van der Waals surface area contributed by atoms with Crippen LogP contribution in [0, 0.1) is 0 Å². The molecule has 0 radical (unpaired) electrons. The molecule has 1 saturated heterocycles. The maximum Gasteiger partial charge on any atom is 0.220 e. The van der Waals surface area contributed by atoms with Crippen molar-refractivity contribution >= 4 is 5.91 Å². The van der Waals surface area contributed by atoms with Gasteiger partial charge in [-0.2, -0.15) is 0 Å². The van der Waals surface area contributed by atoms with Crippen molar-refractivity contribution in [1.29, 1.82) is 0 Å². The molecule has 4 heteroatoms. The molecule has 0 spiro atoms. The first-order chi connectivity index (χ1) is 12.1. The van der Waals surface area contributed by atoms with E-state index in [4.69, 9.17) is 4.74 Å². The van der Waals surface area contributed by atoms with Crippen LogP contribution < -0.4 is 10.1 Å². The number of piperidine rings is 1. The summed E-state index contributed by atoms with van der Waals surface area (Å²) in [6, 6.07) is 8.44. The number of benzene rings is 1. The number of rotatable bonds is 5. The SMILES string of the molecule is CC(C)=CCN1CCC(NC(=O)C[C@H]2CCOc3ccccc32)CC1. The molecule has 0 aromatic heterocycles. The first-order valence-electron chi connectivity index (χ1n) is 9.48. The minimum absolute atomic E-state index is 0.185. The summed E-state index contributed by atoms with van der Waals surface area (Å²) in [6.07, 6.45) is 5.87. The monoisotopic (exact) mass is 342 g/mol. The fraction of sp³-hybridized carbons (Fsp3) is 0.571. The number of nitrogens with one attached hydrogen (secondary N) is 1. The standard InChI is InChI=1S/C21H30N2O2/c1-16(2)7-11-23-12-8-18(9-13-23)22-21(24)15-17-10-14-25-20-6-4-3-5-19(17)20/h3-7,17-18H,8-15H2,1-2H3,(H,22,24)/t17-/m1/s1. The molecule has 3 rings (SSSR count). The van der Waals surface area contributed by atoms with Gasteiger partial charge < -0.3 is 10.1 Å². The lowest BCUT2D eigenvalue weighted by molar-refractivity contribution is -0.122. The third-order valence-corrected chi connectivity index (χ3v) is 5.22. The van der Waals surface area contributed by atoms with Gasteiger partial charge in [0, 0.05) is 32.1 Å². The van der Waals surface area contributed by atoms with E-state index in [0.29, 0.717) is 19.1 Å². The van der Waals surface area contributed by atoms with E-state index in [1.807, 2.05) is 18.2 Å². The van der Waals surface area contributed by atoms with E-state index in [-0.39, 0.29) is 11.8 Å². The number of amides is 1. The van der Waals surface area contributed by atoms with Crippen LogP contribution in [-0.4, -0.2) is 43.1 Å². The first kappa shape index (κ1) is 18.0. The molecule has 1 fully saturated rings. The number of likely N-dealkylation sites (tertiary alicyclic amines) is 1. The van der Waals surface area contributed by atoms with Crippen LogP contribution in [0.25, 0.3) is 0 Å². The van der Waals surface area contributed by atoms with E-state index in [9.17, 15) is 4.79 Å².